The van der Waals surface area contributed by atoms with Gasteiger partial charge in [0.05, 0.1) is 0 Å². The molecular weight excluding hydrogens is 370 g/mol. The molecule has 5 nitrogen and oxygen atoms in total. The van der Waals surface area contributed by atoms with Crippen molar-refractivity contribution in [2.45, 2.75) is 26.8 Å². The summed E-state index contributed by atoms with van der Waals surface area (Å²) in [4.78, 5) is 4.38. The van der Waals surface area contributed by atoms with E-state index < -0.39 is 13.0 Å². The van der Waals surface area contributed by atoms with Crippen molar-refractivity contribution in [3.8, 4) is 22.9 Å². The lowest BCUT2D eigenvalue weighted by atomic mass is 10.1. The lowest BCUT2D eigenvalue weighted by Crippen LogP contribution is -2.10. The average molecular weight is 383 g/mol. The summed E-state index contributed by atoms with van der Waals surface area (Å²) in [6.45, 7) is 3.18. The molecule has 0 atom stereocenters. The Morgan fingerprint density at radius 2 is 2.04 bits per heavy atom. The molecule has 1 aromatic carbocycles. The first-order chi connectivity index (χ1) is 11.0. The highest BCUT2D eigenvalue weighted by Gasteiger charge is 2.20. The van der Waals surface area contributed by atoms with E-state index >= 15 is 0 Å². The summed E-state index contributed by atoms with van der Waals surface area (Å²) >= 11 is 3.45. The molecule has 0 radical (unpaired) electrons. The Balaban J connectivity index is 2.10. The normalized spacial score (nSPS) is 11.4. The van der Waals surface area contributed by atoms with Crippen molar-refractivity contribution in [2.24, 2.45) is 0 Å². The van der Waals surface area contributed by atoms with E-state index in [9.17, 15) is 8.78 Å². The van der Waals surface area contributed by atoms with Crippen LogP contribution in [0, 0.1) is 13.8 Å². The monoisotopic (exact) mass is 382 g/mol. The topological polar surface area (TPSA) is 56.7 Å². The fraction of sp³-hybridized carbons (Fsp3) is 0.267. The predicted octanol–water partition coefficient (Wildman–Crippen LogP) is 4.24. The van der Waals surface area contributed by atoms with Crippen LogP contribution in [0.2, 0.25) is 0 Å². The summed E-state index contributed by atoms with van der Waals surface area (Å²) in [7, 11) is 0. The Bertz CT molecular complexity index is 844. The summed E-state index contributed by atoms with van der Waals surface area (Å²) < 4.78 is 32.6. The van der Waals surface area contributed by atoms with Crippen molar-refractivity contribution in [1.82, 2.24) is 19.9 Å². The SMILES string of the molecule is Cc1ccc(-c2nc(-c3nocc3C)n(CC(F)F)n2)cc1Br. The minimum Gasteiger partial charge on any atom is -0.364 e. The average Bonchev–Trinajstić information content (AvgIpc) is 3.07. The summed E-state index contributed by atoms with van der Waals surface area (Å²) in [5, 5.41) is 8.05. The number of rotatable bonds is 4. The minimum absolute atomic E-state index is 0.267. The Labute approximate surface area is 139 Å². The number of hydrogen-bond acceptors (Lipinski definition) is 4. The van der Waals surface area contributed by atoms with Crippen LogP contribution in [0.15, 0.2) is 33.5 Å². The zero-order valence-corrected chi connectivity index (χ0v) is 14.0. The molecule has 0 fully saturated rings. The van der Waals surface area contributed by atoms with Gasteiger partial charge in [-0.3, -0.25) is 0 Å². The first kappa shape index (κ1) is 15.8. The van der Waals surface area contributed by atoms with E-state index in [0.717, 1.165) is 15.6 Å². The molecule has 2 aromatic heterocycles. The smallest absolute Gasteiger partial charge is 0.258 e. The molecular formula is C15H13BrF2N4O. The highest BCUT2D eigenvalue weighted by molar-refractivity contribution is 9.10. The van der Waals surface area contributed by atoms with Gasteiger partial charge in [-0.1, -0.05) is 33.2 Å². The maximum atomic E-state index is 12.8. The van der Waals surface area contributed by atoms with Gasteiger partial charge in [0.2, 0.25) is 0 Å². The van der Waals surface area contributed by atoms with Crippen molar-refractivity contribution < 1.29 is 13.3 Å². The van der Waals surface area contributed by atoms with Gasteiger partial charge < -0.3 is 4.52 Å². The van der Waals surface area contributed by atoms with Crippen LogP contribution in [-0.2, 0) is 6.54 Å². The van der Waals surface area contributed by atoms with Crippen LogP contribution in [-0.4, -0.2) is 26.3 Å². The highest BCUT2D eigenvalue weighted by Crippen LogP contribution is 2.27. The van der Waals surface area contributed by atoms with Crippen LogP contribution >= 0.6 is 15.9 Å². The number of benzene rings is 1. The lowest BCUT2D eigenvalue weighted by molar-refractivity contribution is 0.122. The molecule has 0 aliphatic heterocycles. The van der Waals surface area contributed by atoms with Crippen LogP contribution in [0.3, 0.4) is 0 Å². The van der Waals surface area contributed by atoms with Crippen LogP contribution in [0.4, 0.5) is 8.78 Å². The van der Waals surface area contributed by atoms with E-state index in [0.29, 0.717) is 17.1 Å². The van der Waals surface area contributed by atoms with Gasteiger partial charge in [-0.05, 0) is 25.5 Å². The fourth-order valence-electron chi connectivity index (χ4n) is 2.13. The van der Waals surface area contributed by atoms with E-state index in [-0.39, 0.29) is 5.82 Å². The molecule has 0 saturated carbocycles. The molecule has 0 bridgehead atoms. The van der Waals surface area contributed by atoms with E-state index in [1.807, 2.05) is 25.1 Å². The molecule has 2 heterocycles. The number of aryl methyl sites for hydroxylation is 2. The van der Waals surface area contributed by atoms with E-state index in [1.165, 1.54) is 10.9 Å². The molecule has 3 rings (SSSR count). The van der Waals surface area contributed by atoms with E-state index in [2.05, 4.69) is 31.2 Å². The van der Waals surface area contributed by atoms with Crippen molar-refractivity contribution in [3.05, 3.63) is 40.1 Å². The second-order valence-corrected chi connectivity index (χ2v) is 6.00. The second-order valence-electron chi connectivity index (χ2n) is 5.14. The molecule has 120 valence electrons. The van der Waals surface area contributed by atoms with Crippen molar-refractivity contribution in [1.29, 1.82) is 0 Å². The van der Waals surface area contributed by atoms with Gasteiger partial charge in [0, 0.05) is 15.6 Å². The first-order valence-electron chi connectivity index (χ1n) is 6.86. The van der Waals surface area contributed by atoms with Crippen LogP contribution in [0.1, 0.15) is 11.1 Å². The Hall–Kier alpha value is -2.09. The highest BCUT2D eigenvalue weighted by atomic mass is 79.9. The van der Waals surface area contributed by atoms with Gasteiger partial charge in [0.1, 0.15) is 12.8 Å². The molecule has 0 amide bonds. The lowest BCUT2D eigenvalue weighted by Gasteiger charge is -2.02. The maximum absolute atomic E-state index is 12.8. The zero-order valence-electron chi connectivity index (χ0n) is 12.4. The third-order valence-corrected chi connectivity index (χ3v) is 4.23. The molecule has 0 unspecified atom stereocenters. The molecule has 0 spiro atoms. The Kier molecular flexibility index (Phi) is 4.25. The summed E-state index contributed by atoms with van der Waals surface area (Å²) in [6, 6.07) is 5.62. The van der Waals surface area contributed by atoms with Gasteiger partial charge in [0.25, 0.3) is 6.43 Å². The number of aromatic nitrogens is 4. The first-order valence-corrected chi connectivity index (χ1v) is 7.66. The number of halogens is 3. The molecule has 0 saturated heterocycles. The predicted molar refractivity (Wildman–Crippen MR) is 84.1 cm³/mol. The molecule has 0 aliphatic carbocycles. The second kappa shape index (κ2) is 6.19. The van der Waals surface area contributed by atoms with Crippen LogP contribution < -0.4 is 0 Å². The van der Waals surface area contributed by atoms with Crippen LogP contribution in [0.25, 0.3) is 22.9 Å². The van der Waals surface area contributed by atoms with Gasteiger partial charge in [0.15, 0.2) is 17.3 Å². The third kappa shape index (κ3) is 3.17. The zero-order chi connectivity index (χ0) is 16.6. The van der Waals surface area contributed by atoms with Gasteiger partial charge in [-0.25, -0.2) is 18.4 Å². The van der Waals surface area contributed by atoms with Crippen molar-refractivity contribution in [2.75, 3.05) is 0 Å². The summed E-state index contributed by atoms with van der Waals surface area (Å²) in [5.74, 6) is 0.631. The number of hydrogen-bond donors (Lipinski definition) is 0. The molecule has 8 heteroatoms. The Morgan fingerprint density at radius 3 is 2.65 bits per heavy atom. The maximum Gasteiger partial charge on any atom is 0.258 e. The molecule has 3 aromatic rings. The number of nitrogens with zero attached hydrogens (tertiary/aromatic N) is 4. The minimum atomic E-state index is -2.54. The Morgan fingerprint density at radius 1 is 1.26 bits per heavy atom. The number of alkyl halides is 2. The molecule has 0 N–H and O–H groups in total. The quantitative estimate of drug-likeness (QED) is 0.676. The molecule has 0 aliphatic rings. The summed E-state index contributed by atoms with van der Waals surface area (Å²) in [6.07, 6.45) is -1.10. The largest absolute Gasteiger partial charge is 0.364 e. The van der Waals surface area contributed by atoms with E-state index in [1.54, 1.807) is 6.92 Å². The van der Waals surface area contributed by atoms with Gasteiger partial charge >= 0.3 is 0 Å². The van der Waals surface area contributed by atoms with Crippen molar-refractivity contribution >= 4 is 15.9 Å². The van der Waals surface area contributed by atoms with E-state index in [4.69, 9.17) is 4.52 Å². The fourth-order valence-corrected chi connectivity index (χ4v) is 2.51. The van der Waals surface area contributed by atoms with Gasteiger partial charge in [-0.2, -0.15) is 5.10 Å². The standard InChI is InChI=1S/C15H13BrF2N4O/c1-8-3-4-10(5-11(8)16)14-19-15(13-9(2)7-23-21-13)22(20-14)6-12(17)18/h3-5,7,12H,6H2,1-2H3. The van der Waals surface area contributed by atoms with Crippen LogP contribution in [0.5, 0.6) is 0 Å². The van der Waals surface area contributed by atoms with Gasteiger partial charge in [-0.15, -0.1) is 0 Å². The van der Waals surface area contributed by atoms with Crippen molar-refractivity contribution in [3.63, 3.8) is 0 Å². The summed E-state index contributed by atoms with van der Waals surface area (Å²) in [5.41, 5.74) is 2.92. The third-order valence-electron chi connectivity index (χ3n) is 3.37. The molecule has 23 heavy (non-hydrogen) atoms.